The fraction of sp³-hybridized carbons (Fsp3) is 0.120. The minimum Gasteiger partial charge on any atom is -0.494 e. The Balaban J connectivity index is 1.83. The third-order valence-corrected chi connectivity index (χ3v) is 5.47. The number of nitrogens with zero attached hydrogens (tertiary/aromatic N) is 1. The summed E-state index contributed by atoms with van der Waals surface area (Å²) in [4.78, 5) is 12.7. The monoisotopic (exact) mass is 572 g/mol. The van der Waals surface area contributed by atoms with Gasteiger partial charge in [0, 0.05) is 15.7 Å². The zero-order valence-electron chi connectivity index (χ0n) is 17.6. The second kappa shape index (κ2) is 11.6. The van der Waals surface area contributed by atoms with Gasteiger partial charge in [0.2, 0.25) is 0 Å². The lowest BCUT2D eigenvalue weighted by atomic mass is 10.1. The Bertz CT molecular complexity index is 1200. The summed E-state index contributed by atoms with van der Waals surface area (Å²) >= 11 is 6.89. The van der Waals surface area contributed by atoms with E-state index in [0.29, 0.717) is 33.8 Å². The molecule has 33 heavy (non-hydrogen) atoms. The Morgan fingerprint density at radius 1 is 1.09 bits per heavy atom. The number of ether oxygens (including phenoxy) is 2. The highest BCUT2D eigenvalue weighted by atomic mass is 79.9. The summed E-state index contributed by atoms with van der Waals surface area (Å²) in [6, 6.07) is 18.3. The summed E-state index contributed by atoms with van der Waals surface area (Å²) in [6.45, 7) is 2.61. The van der Waals surface area contributed by atoms with Crippen LogP contribution in [0.4, 0.5) is 10.1 Å². The number of nitriles is 1. The number of carbonyl (C=O) groups excluding carboxylic acids is 1. The lowest BCUT2D eigenvalue weighted by molar-refractivity contribution is -0.112. The van der Waals surface area contributed by atoms with E-state index in [0.717, 1.165) is 10.0 Å². The Hall–Kier alpha value is -3.15. The van der Waals surface area contributed by atoms with E-state index >= 15 is 0 Å². The van der Waals surface area contributed by atoms with Crippen molar-refractivity contribution in [3.63, 3.8) is 0 Å². The molecule has 0 aliphatic rings. The number of nitrogens with one attached hydrogen (secondary N) is 1. The van der Waals surface area contributed by atoms with Crippen molar-refractivity contribution >= 4 is 49.5 Å². The number of halogens is 3. The van der Waals surface area contributed by atoms with Crippen LogP contribution in [-0.4, -0.2) is 12.5 Å². The van der Waals surface area contributed by atoms with Crippen molar-refractivity contribution in [2.45, 2.75) is 13.5 Å². The van der Waals surface area contributed by atoms with Gasteiger partial charge in [-0.1, -0.05) is 28.1 Å². The molecule has 3 aromatic rings. The molecule has 0 unspecified atom stereocenters. The predicted molar refractivity (Wildman–Crippen MR) is 132 cm³/mol. The third-order valence-electron chi connectivity index (χ3n) is 4.42. The Morgan fingerprint density at radius 2 is 1.79 bits per heavy atom. The Morgan fingerprint density at radius 3 is 2.42 bits per heavy atom. The SMILES string of the molecule is CCOc1ccc(NC(=O)/C(C#N)=C/c2cc(Br)cc(Br)c2OCc2ccc(F)cc2)cc1. The van der Waals surface area contributed by atoms with E-state index in [-0.39, 0.29) is 18.0 Å². The summed E-state index contributed by atoms with van der Waals surface area (Å²) in [6.07, 6.45) is 1.46. The van der Waals surface area contributed by atoms with Crippen molar-refractivity contribution < 1.29 is 18.7 Å². The second-order valence-electron chi connectivity index (χ2n) is 6.80. The molecular formula is C25H19Br2FN2O3. The highest BCUT2D eigenvalue weighted by Gasteiger charge is 2.15. The average molecular weight is 574 g/mol. The Kier molecular flexibility index (Phi) is 8.64. The van der Waals surface area contributed by atoms with Gasteiger partial charge in [0.15, 0.2) is 0 Å². The molecule has 0 saturated carbocycles. The molecule has 0 heterocycles. The van der Waals surface area contributed by atoms with E-state index in [9.17, 15) is 14.4 Å². The summed E-state index contributed by atoms with van der Waals surface area (Å²) in [5.41, 5.74) is 1.74. The largest absolute Gasteiger partial charge is 0.494 e. The van der Waals surface area contributed by atoms with Gasteiger partial charge in [0.25, 0.3) is 5.91 Å². The van der Waals surface area contributed by atoms with E-state index in [1.807, 2.05) is 13.0 Å². The molecule has 0 atom stereocenters. The molecule has 0 radical (unpaired) electrons. The van der Waals surface area contributed by atoms with Gasteiger partial charge in [-0.25, -0.2) is 4.39 Å². The van der Waals surface area contributed by atoms with Crippen LogP contribution in [0.5, 0.6) is 11.5 Å². The molecule has 5 nitrogen and oxygen atoms in total. The van der Waals surface area contributed by atoms with Gasteiger partial charge in [-0.3, -0.25) is 4.79 Å². The van der Waals surface area contributed by atoms with Crippen LogP contribution >= 0.6 is 31.9 Å². The van der Waals surface area contributed by atoms with Crippen LogP contribution in [-0.2, 0) is 11.4 Å². The lowest BCUT2D eigenvalue weighted by Gasteiger charge is -2.13. The number of hydrogen-bond donors (Lipinski definition) is 1. The van der Waals surface area contributed by atoms with E-state index in [2.05, 4.69) is 37.2 Å². The van der Waals surface area contributed by atoms with Crippen molar-refractivity contribution in [1.29, 1.82) is 5.26 Å². The number of rotatable bonds is 8. The first kappa shape index (κ1) is 24.5. The minimum absolute atomic E-state index is 0.0967. The first-order chi connectivity index (χ1) is 15.9. The molecule has 3 aromatic carbocycles. The van der Waals surface area contributed by atoms with Gasteiger partial charge in [-0.15, -0.1) is 0 Å². The molecule has 1 amide bonds. The van der Waals surface area contributed by atoms with E-state index < -0.39 is 5.91 Å². The van der Waals surface area contributed by atoms with Gasteiger partial charge in [-0.05, 0) is 83.0 Å². The van der Waals surface area contributed by atoms with E-state index in [1.165, 1.54) is 18.2 Å². The summed E-state index contributed by atoms with van der Waals surface area (Å²) < 4.78 is 25.9. The normalized spacial score (nSPS) is 10.9. The van der Waals surface area contributed by atoms with Crippen molar-refractivity contribution in [2.75, 3.05) is 11.9 Å². The van der Waals surface area contributed by atoms with Crippen LogP contribution in [0.3, 0.4) is 0 Å². The van der Waals surface area contributed by atoms with Crippen LogP contribution in [0.1, 0.15) is 18.1 Å². The fourth-order valence-corrected chi connectivity index (χ4v) is 4.25. The van der Waals surface area contributed by atoms with Crippen molar-refractivity contribution in [3.8, 4) is 17.6 Å². The molecule has 0 fully saturated rings. The first-order valence-corrected chi connectivity index (χ1v) is 11.5. The van der Waals surface area contributed by atoms with Crippen LogP contribution in [0.15, 0.2) is 75.2 Å². The average Bonchev–Trinajstić information content (AvgIpc) is 2.79. The molecule has 8 heteroatoms. The maximum absolute atomic E-state index is 13.2. The standard InChI is InChI=1S/C25H19Br2FN2O3/c1-2-32-22-9-7-21(8-10-22)30-25(31)18(14-29)11-17-12-19(26)13-23(27)24(17)33-15-16-3-5-20(28)6-4-16/h3-13H,2,15H2,1H3,(H,30,31)/b18-11+. The summed E-state index contributed by atoms with van der Waals surface area (Å²) in [5.74, 6) is 0.254. The number of amides is 1. The van der Waals surface area contributed by atoms with Crippen LogP contribution in [0.2, 0.25) is 0 Å². The fourth-order valence-electron chi connectivity index (χ4n) is 2.88. The molecule has 0 aromatic heterocycles. The molecule has 0 saturated heterocycles. The topological polar surface area (TPSA) is 71.3 Å². The molecule has 0 aliphatic heterocycles. The summed E-state index contributed by atoms with van der Waals surface area (Å²) in [7, 11) is 0. The number of hydrogen-bond acceptors (Lipinski definition) is 4. The highest BCUT2D eigenvalue weighted by molar-refractivity contribution is 9.11. The van der Waals surface area contributed by atoms with Gasteiger partial charge in [0.1, 0.15) is 35.6 Å². The van der Waals surface area contributed by atoms with Crippen LogP contribution < -0.4 is 14.8 Å². The van der Waals surface area contributed by atoms with Gasteiger partial charge in [0.05, 0.1) is 11.1 Å². The van der Waals surface area contributed by atoms with Crippen molar-refractivity contribution in [2.24, 2.45) is 0 Å². The van der Waals surface area contributed by atoms with Gasteiger partial charge >= 0.3 is 0 Å². The van der Waals surface area contributed by atoms with Gasteiger partial charge < -0.3 is 14.8 Å². The number of carbonyl (C=O) groups is 1. The number of anilines is 1. The molecule has 0 spiro atoms. The lowest BCUT2D eigenvalue weighted by Crippen LogP contribution is -2.13. The van der Waals surface area contributed by atoms with Gasteiger partial charge in [-0.2, -0.15) is 5.26 Å². The van der Waals surface area contributed by atoms with Crippen LogP contribution in [0, 0.1) is 17.1 Å². The summed E-state index contributed by atoms with van der Waals surface area (Å²) in [5, 5.41) is 12.3. The van der Waals surface area contributed by atoms with E-state index in [4.69, 9.17) is 9.47 Å². The molecule has 3 rings (SSSR count). The minimum atomic E-state index is -0.553. The number of benzene rings is 3. The molecule has 0 aliphatic carbocycles. The molecule has 1 N–H and O–H groups in total. The second-order valence-corrected chi connectivity index (χ2v) is 8.57. The maximum atomic E-state index is 13.2. The predicted octanol–water partition coefficient (Wildman–Crippen LogP) is 6.87. The quantitative estimate of drug-likeness (QED) is 0.236. The van der Waals surface area contributed by atoms with E-state index in [1.54, 1.807) is 48.5 Å². The zero-order chi connectivity index (χ0) is 23.8. The van der Waals surface area contributed by atoms with Crippen molar-refractivity contribution in [1.82, 2.24) is 0 Å². The molecule has 0 bridgehead atoms. The first-order valence-electron chi connectivity index (χ1n) is 9.92. The maximum Gasteiger partial charge on any atom is 0.266 e. The molecular weight excluding hydrogens is 555 g/mol. The van der Waals surface area contributed by atoms with Crippen LogP contribution in [0.25, 0.3) is 6.08 Å². The zero-order valence-corrected chi connectivity index (χ0v) is 20.7. The smallest absolute Gasteiger partial charge is 0.266 e. The third kappa shape index (κ3) is 6.91. The Labute approximate surface area is 208 Å². The highest BCUT2D eigenvalue weighted by Crippen LogP contribution is 2.35. The van der Waals surface area contributed by atoms with Crippen molar-refractivity contribution in [3.05, 3.63) is 92.1 Å². The molecule has 168 valence electrons.